The van der Waals surface area contributed by atoms with E-state index in [9.17, 15) is 4.79 Å². The van der Waals surface area contributed by atoms with Crippen molar-refractivity contribution in [1.82, 2.24) is 0 Å². The van der Waals surface area contributed by atoms with Gasteiger partial charge in [0.15, 0.2) is 0 Å². The molecule has 1 aliphatic heterocycles. The molecule has 1 rings (SSSR count). The van der Waals surface area contributed by atoms with E-state index in [0.29, 0.717) is 6.42 Å². The summed E-state index contributed by atoms with van der Waals surface area (Å²) in [5, 5.41) is 0. The summed E-state index contributed by atoms with van der Waals surface area (Å²) in [4.78, 5) is 10.7. The SMILES string of the molecule is CCCC1C=CCC(=O)O1. The van der Waals surface area contributed by atoms with Crippen LogP contribution in [0.3, 0.4) is 0 Å². The number of ether oxygens (including phenoxy) is 1. The van der Waals surface area contributed by atoms with Crippen LogP contribution < -0.4 is 0 Å². The van der Waals surface area contributed by atoms with Crippen molar-refractivity contribution in [2.45, 2.75) is 32.3 Å². The van der Waals surface area contributed by atoms with Gasteiger partial charge < -0.3 is 4.74 Å². The molecule has 1 atom stereocenters. The van der Waals surface area contributed by atoms with Gasteiger partial charge in [0, 0.05) is 0 Å². The monoisotopic (exact) mass is 140 g/mol. The van der Waals surface area contributed by atoms with Crippen LogP contribution in [-0.4, -0.2) is 12.1 Å². The largest absolute Gasteiger partial charge is 0.458 e. The summed E-state index contributed by atoms with van der Waals surface area (Å²) < 4.78 is 5.00. The summed E-state index contributed by atoms with van der Waals surface area (Å²) in [7, 11) is 0. The number of carbonyl (C=O) groups is 1. The molecule has 0 aromatic carbocycles. The Morgan fingerprint density at radius 2 is 2.60 bits per heavy atom. The molecule has 0 bridgehead atoms. The van der Waals surface area contributed by atoms with Crippen LogP contribution in [0.25, 0.3) is 0 Å². The zero-order valence-electron chi connectivity index (χ0n) is 6.17. The van der Waals surface area contributed by atoms with Crippen LogP contribution in [0.4, 0.5) is 0 Å². The third-order valence-electron chi connectivity index (χ3n) is 1.49. The number of hydrogen-bond donors (Lipinski definition) is 0. The predicted molar refractivity (Wildman–Crippen MR) is 38.5 cm³/mol. The van der Waals surface area contributed by atoms with Crippen molar-refractivity contribution >= 4 is 5.97 Å². The number of cyclic esters (lactones) is 1. The first kappa shape index (κ1) is 7.32. The quantitative estimate of drug-likeness (QED) is 0.430. The molecule has 0 amide bonds. The first-order valence-electron chi connectivity index (χ1n) is 3.69. The van der Waals surface area contributed by atoms with E-state index in [-0.39, 0.29) is 12.1 Å². The molecule has 1 aliphatic rings. The highest BCUT2D eigenvalue weighted by atomic mass is 16.5. The Hall–Kier alpha value is -0.790. The molecule has 10 heavy (non-hydrogen) atoms. The Balaban J connectivity index is 2.39. The standard InChI is InChI=1S/C8H12O2/c1-2-4-7-5-3-6-8(9)10-7/h3,5,7H,2,4,6H2,1H3. The van der Waals surface area contributed by atoms with Gasteiger partial charge in [0.1, 0.15) is 6.10 Å². The van der Waals surface area contributed by atoms with Crippen LogP contribution in [0.5, 0.6) is 0 Å². The maximum atomic E-state index is 10.7. The van der Waals surface area contributed by atoms with Crippen LogP contribution in [0.1, 0.15) is 26.2 Å². The summed E-state index contributed by atoms with van der Waals surface area (Å²) in [5.41, 5.74) is 0. The first-order chi connectivity index (χ1) is 4.83. The molecule has 1 unspecified atom stereocenters. The number of carbonyl (C=O) groups excluding carboxylic acids is 1. The lowest BCUT2D eigenvalue weighted by Gasteiger charge is -2.15. The summed E-state index contributed by atoms with van der Waals surface area (Å²) >= 11 is 0. The summed E-state index contributed by atoms with van der Waals surface area (Å²) in [6.45, 7) is 2.08. The lowest BCUT2D eigenvalue weighted by molar-refractivity contribution is -0.147. The molecule has 1 heterocycles. The number of rotatable bonds is 2. The van der Waals surface area contributed by atoms with Crippen LogP contribution >= 0.6 is 0 Å². The van der Waals surface area contributed by atoms with Crippen LogP contribution in [0.15, 0.2) is 12.2 Å². The Kier molecular flexibility index (Phi) is 2.49. The third-order valence-corrected chi connectivity index (χ3v) is 1.49. The molecule has 0 N–H and O–H groups in total. The Morgan fingerprint density at radius 1 is 1.80 bits per heavy atom. The smallest absolute Gasteiger partial charge is 0.310 e. The van der Waals surface area contributed by atoms with Crippen LogP contribution in [0.2, 0.25) is 0 Å². The van der Waals surface area contributed by atoms with Crippen molar-refractivity contribution in [1.29, 1.82) is 0 Å². The number of hydrogen-bond acceptors (Lipinski definition) is 2. The average Bonchev–Trinajstić information content (AvgIpc) is 1.88. The van der Waals surface area contributed by atoms with E-state index in [1.165, 1.54) is 0 Å². The van der Waals surface area contributed by atoms with E-state index in [0.717, 1.165) is 12.8 Å². The van der Waals surface area contributed by atoms with E-state index in [2.05, 4.69) is 6.92 Å². The summed E-state index contributed by atoms with van der Waals surface area (Å²) in [5.74, 6) is -0.0963. The van der Waals surface area contributed by atoms with Gasteiger partial charge in [0.05, 0.1) is 6.42 Å². The molecule has 0 fully saturated rings. The molecular formula is C8H12O2. The molecule has 0 aromatic rings. The minimum Gasteiger partial charge on any atom is -0.458 e. The molecule has 0 spiro atoms. The van der Waals surface area contributed by atoms with Crippen molar-refractivity contribution in [3.8, 4) is 0 Å². The van der Waals surface area contributed by atoms with Crippen molar-refractivity contribution in [3.05, 3.63) is 12.2 Å². The normalized spacial score (nSPS) is 24.5. The van der Waals surface area contributed by atoms with E-state index in [4.69, 9.17) is 4.74 Å². The molecule has 0 saturated carbocycles. The fourth-order valence-corrected chi connectivity index (χ4v) is 1.01. The van der Waals surface area contributed by atoms with Gasteiger partial charge in [-0.2, -0.15) is 0 Å². The first-order valence-corrected chi connectivity index (χ1v) is 3.69. The summed E-state index contributed by atoms with van der Waals surface area (Å²) in [6.07, 6.45) is 6.34. The van der Waals surface area contributed by atoms with Gasteiger partial charge in [-0.25, -0.2) is 0 Å². The summed E-state index contributed by atoms with van der Waals surface area (Å²) in [6, 6.07) is 0. The maximum absolute atomic E-state index is 10.7. The van der Waals surface area contributed by atoms with Crippen molar-refractivity contribution < 1.29 is 9.53 Å². The predicted octanol–water partition coefficient (Wildman–Crippen LogP) is 1.66. The van der Waals surface area contributed by atoms with Crippen molar-refractivity contribution in [2.24, 2.45) is 0 Å². The Bertz CT molecular complexity index is 149. The van der Waals surface area contributed by atoms with Crippen molar-refractivity contribution in [2.75, 3.05) is 0 Å². The van der Waals surface area contributed by atoms with Gasteiger partial charge >= 0.3 is 5.97 Å². The zero-order valence-corrected chi connectivity index (χ0v) is 6.17. The van der Waals surface area contributed by atoms with E-state index >= 15 is 0 Å². The zero-order chi connectivity index (χ0) is 7.40. The molecule has 0 radical (unpaired) electrons. The molecular weight excluding hydrogens is 128 g/mol. The molecule has 2 heteroatoms. The topological polar surface area (TPSA) is 26.3 Å². The minimum atomic E-state index is -0.0963. The molecule has 0 saturated heterocycles. The van der Waals surface area contributed by atoms with E-state index in [1.54, 1.807) is 0 Å². The van der Waals surface area contributed by atoms with Crippen LogP contribution in [-0.2, 0) is 9.53 Å². The van der Waals surface area contributed by atoms with E-state index in [1.807, 2.05) is 12.2 Å². The second kappa shape index (κ2) is 3.40. The molecule has 56 valence electrons. The maximum Gasteiger partial charge on any atom is 0.310 e. The highest BCUT2D eigenvalue weighted by Crippen LogP contribution is 2.10. The van der Waals surface area contributed by atoms with Gasteiger partial charge in [-0.1, -0.05) is 19.4 Å². The number of esters is 1. The molecule has 0 aliphatic carbocycles. The Morgan fingerprint density at radius 3 is 3.20 bits per heavy atom. The average molecular weight is 140 g/mol. The van der Waals surface area contributed by atoms with Crippen molar-refractivity contribution in [3.63, 3.8) is 0 Å². The lowest BCUT2D eigenvalue weighted by Crippen LogP contribution is -2.18. The van der Waals surface area contributed by atoms with Gasteiger partial charge in [0.25, 0.3) is 0 Å². The second-order valence-electron chi connectivity index (χ2n) is 2.45. The highest BCUT2D eigenvalue weighted by Gasteiger charge is 2.13. The highest BCUT2D eigenvalue weighted by molar-refractivity contribution is 5.72. The minimum absolute atomic E-state index is 0.0475. The fraction of sp³-hybridized carbons (Fsp3) is 0.625. The fourth-order valence-electron chi connectivity index (χ4n) is 1.01. The lowest BCUT2D eigenvalue weighted by atomic mass is 10.1. The van der Waals surface area contributed by atoms with E-state index < -0.39 is 0 Å². The second-order valence-corrected chi connectivity index (χ2v) is 2.45. The van der Waals surface area contributed by atoms with Crippen LogP contribution in [0, 0.1) is 0 Å². The molecule has 0 aromatic heterocycles. The van der Waals surface area contributed by atoms with Gasteiger partial charge in [-0.05, 0) is 12.5 Å². The Labute approximate surface area is 60.9 Å². The van der Waals surface area contributed by atoms with Gasteiger partial charge in [0.2, 0.25) is 0 Å². The van der Waals surface area contributed by atoms with Gasteiger partial charge in [-0.15, -0.1) is 0 Å². The third kappa shape index (κ3) is 1.87. The van der Waals surface area contributed by atoms with Gasteiger partial charge in [-0.3, -0.25) is 4.79 Å². The molecule has 2 nitrogen and oxygen atoms in total.